The van der Waals surface area contributed by atoms with Crippen LogP contribution < -0.4 is 14.7 Å². The Labute approximate surface area is 165 Å². The molecule has 3 atom stereocenters. The molecule has 0 radical (unpaired) electrons. The summed E-state index contributed by atoms with van der Waals surface area (Å²) in [5.74, 6) is 0. The molecule has 0 aromatic rings. The molecule has 0 aliphatic rings. The summed E-state index contributed by atoms with van der Waals surface area (Å²) < 4.78 is 31.9. The van der Waals surface area contributed by atoms with E-state index in [1.54, 1.807) is 20.8 Å². The van der Waals surface area contributed by atoms with Gasteiger partial charge in [-0.05, 0) is 37.0 Å². The Balaban J connectivity index is -0.000000130. The summed E-state index contributed by atoms with van der Waals surface area (Å²) in [5.41, 5.74) is 0. The second kappa shape index (κ2) is 18.5. The molecule has 0 saturated carbocycles. The van der Waals surface area contributed by atoms with Crippen LogP contribution in [0.5, 0.6) is 0 Å². The van der Waals surface area contributed by atoms with Gasteiger partial charge in [0, 0.05) is 22.1 Å². The largest absolute Gasteiger partial charge is 3.00 e. The van der Waals surface area contributed by atoms with Gasteiger partial charge in [0.15, 0.2) is 0 Å². The van der Waals surface area contributed by atoms with Gasteiger partial charge in [0.05, 0.1) is 0 Å². The summed E-state index contributed by atoms with van der Waals surface area (Å²) in [5, 5.41) is 0. The van der Waals surface area contributed by atoms with E-state index < -0.39 is 22.1 Å². The second-order valence-corrected chi connectivity index (χ2v) is 13.7. The molecule has 0 heterocycles. The fourth-order valence-electron chi connectivity index (χ4n) is 1.50. The van der Waals surface area contributed by atoms with Gasteiger partial charge in [0.1, 0.15) is 0 Å². The minimum atomic E-state index is -2.92. The topological polar surface area (TPSA) is 120 Å². The van der Waals surface area contributed by atoms with Crippen molar-refractivity contribution in [3.05, 3.63) is 0 Å². The predicted molar refractivity (Wildman–Crippen MR) is 106 cm³/mol. The number of rotatable bonds is 9. The molecule has 0 N–H and O–H groups in total. The summed E-state index contributed by atoms with van der Waals surface area (Å²) in [6, 6.07) is 0. The van der Waals surface area contributed by atoms with Crippen LogP contribution in [-0.2, 0) is 13.7 Å². The van der Waals surface area contributed by atoms with E-state index in [9.17, 15) is 28.4 Å². The molecular weight excluding hydrogens is 396 g/mol. The molecule has 25 heavy (non-hydrogen) atoms. The van der Waals surface area contributed by atoms with Gasteiger partial charge >= 0.3 is 17.4 Å². The Kier molecular flexibility index (Phi) is 24.9. The summed E-state index contributed by atoms with van der Waals surface area (Å²) in [6.07, 6.45) is 4.25. The van der Waals surface area contributed by atoms with Crippen LogP contribution >= 0.6 is 22.1 Å². The van der Waals surface area contributed by atoms with Crippen LogP contribution in [0.1, 0.15) is 60.8 Å². The molecular formula is C15H36AlO6P3. The van der Waals surface area contributed by atoms with E-state index in [0.29, 0.717) is 37.0 Å². The van der Waals surface area contributed by atoms with Gasteiger partial charge in [0.25, 0.3) is 0 Å². The van der Waals surface area contributed by atoms with Gasteiger partial charge in [-0.1, -0.05) is 60.8 Å². The van der Waals surface area contributed by atoms with Crippen molar-refractivity contribution in [2.24, 2.45) is 0 Å². The monoisotopic (exact) mass is 432 g/mol. The quantitative estimate of drug-likeness (QED) is 0.408. The van der Waals surface area contributed by atoms with Crippen LogP contribution in [0.15, 0.2) is 0 Å². The third-order valence-corrected chi connectivity index (χ3v) is 9.41. The molecule has 0 bridgehead atoms. The summed E-state index contributed by atoms with van der Waals surface area (Å²) in [7, 11) is -8.77. The Morgan fingerprint density at radius 1 is 0.520 bits per heavy atom. The molecule has 0 aromatic carbocycles. The van der Waals surface area contributed by atoms with Gasteiger partial charge in [-0.2, -0.15) is 0 Å². The molecule has 6 nitrogen and oxygen atoms in total. The summed E-state index contributed by atoms with van der Waals surface area (Å²) in [6.45, 7) is 10.7. The summed E-state index contributed by atoms with van der Waals surface area (Å²) in [4.78, 5) is 31.9. The zero-order chi connectivity index (χ0) is 19.9. The molecule has 0 aromatic heterocycles. The molecule has 10 heteroatoms. The van der Waals surface area contributed by atoms with Crippen molar-refractivity contribution in [1.82, 2.24) is 0 Å². The van der Waals surface area contributed by atoms with E-state index in [4.69, 9.17) is 0 Å². The first-order valence-corrected chi connectivity index (χ1v) is 14.7. The molecule has 0 spiro atoms. The molecule has 150 valence electrons. The van der Waals surface area contributed by atoms with Crippen molar-refractivity contribution in [2.75, 3.05) is 37.0 Å². The average Bonchev–Trinajstić information content (AvgIpc) is 2.48. The standard InChI is InChI=1S/3C5H13O2P.Al/c3*1-3-5-8(6,7)4-2;/h3*3-5H2,1-2H3,(H,6,7);/q;;;+3/p-3. The van der Waals surface area contributed by atoms with Crippen molar-refractivity contribution in [3.8, 4) is 0 Å². The van der Waals surface area contributed by atoms with E-state index in [0.717, 1.165) is 19.3 Å². The minimum Gasteiger partial charge on any atom is -0.799 e. The van der Waals surface area contributed by atoms with Crippen LogP contribution in [0.4, 0.5) is 0 Å². The summed E-state index contributed by atoms with van der Waals surface area (Å²) >= 11 is 0. The van der Waals surface area contributed by atoms with Gasteiger partial charge in [0.2, 0.25) is 0 Å². The van der Waals surface area contributed by atoms with Crippen molar-refractivity contribution >= 4 is 39.5 Å². The van der Waals surface area contributed by atoms with E-state index >= 15 is 0 Å². The third-order valence-electron chi connectivity index (χ3n) is 3.14. The van der Waals surface area contributed by atoms with Crippen LogP contribution in [0.2, 0.25) is 0 Å². The molecule has 0 fully saturated rings. The maximum atomic E-state index is 10.6. The fourth-order valence-corrected chi connectivity index (χ4v) is 4.49. The molecule has 0 rings (SSSR count). The first kappa shape index (κ1) is 33.7. The number of hydrogen-bond acceptors (Lipinski definition) is 6. The van der Waals surface area contributed by atoms with E-state index in [1.165, 1.54) is 0 Å². The van der Waals surface area contributed by atoms with Crippen LogP contribution in [0.3, 0.4) is 0 Å². The Morgan fingerprint density at radius 3 is 0.720 bits per heavy atom. The maximum absolute atomic E-state index is 10.6. The zero-order valence-corrected chi connectivity index (χ0v) is 20.6. The van der Waals surface area contributed by atoms with E-state index in [-0.39, 0.29) is 17.4 Å². The molecule has 0 amide bonds. The molecule has 0 saturated heterocycles. The van der Waals surface area contributed by atoms with E-state index in [2.05, 4.69) is 0 Å². The Bertz CT molecular complexity index is 370. The fraction of sp³-hybridized carbons (Fsp3) is 1.00. The SMILES string of the molecule is CCCP(=O)([O-])CC.CCCP(=O)([O-])CC.CCCP(=O)([O-])CC.[Al+3]. The van der Waals surface area contributed by atoms with Crippen molar-refractivity contribution in [1.29, 1.82) is 0 Å². The van der Waals surface area contributed by atoms with Gasteiger partial charge in [-0.15, -0.1) is 0 Å². The van der Waals surface area contributed by atoms with Crippen molar-refractivity contribution in [2.45, 2.75) is 60.8 Å². The van der Waals surface area contributed by atoms with Crippen molar-refractivity contribution in [3.63, 3.8) is 0 Å². The Hall–Kier alpha value is 1.10. The Morgan fingerprint density at radius 2 is 0.680 bits per heavy atom. The van der Waals surface area contributed by atoms with Gasteiger partial charge in [-0.3, -0.25) is 0 Å². The zero-order valence-electron chi connectivity index (χ0n) is 16.7. The average molecular weight is 432 g/mol. The third kappa shape index (κ3) is 27.4. The smallest absolute Gasteiger partial charge is 0.799 e. The van der Waals surface area contributed by atoms with E-state index in [1.807, 2.05) is 20.8 Å². The van der Waals surface area contributed by atoms with Crippen LogP contribution in [-0.4, -0.2) is 54.3 Å². The van der Waals surface area contributed by atoms with Crippen molar-refractivity contribution < 1.29 is 28.4 Å². The van der Waals surface area contributed by atoms with Gasteiger partial charge < -0.3 is 28.4 Å². The normalized spacial score (nSPS) is 17.2. The molecule has 3 unspecified atom stereocenters. The van der Waals surface area contributed by atoms with Crippen LogP contribution in [0, 0.1) is 0 Å². The predicted octanol–water partition coefficient (Wildman–Crippen LogP) is 2.78. The van der Waals surface area contributed by atoms with Gasteiger partial charge in [-0.25, -0.2) is 0 Å². The van der Waals surface area contributed by atoms with Crippen LogP contribution in [0.25, 0.3) is 0 Å². The first-order chi connectivity index (χ1) is 10.9. The first-order valence-electron chi connectivity index (χ1n) is 8.74. The second-order valence-electron chi connectivity index (χ2n) is 5.56. The number of hydrogen-bond donors (Lipinski definition) is 0. The minimum absolute atomic E-state index is 0. The maximum Gasteiger partial charge on any atom is 3.00 e. The molecule has 0 aliphatic carbocycles. The molecule has 0 aliphatic heterocycles.